The van der Waals surface area contributed by atoms with Gasteiger partial charge in [0.25, 0.3) is 5.56 Å². The molecule has 3 heterocycles. The predicted octanol–water partition coefficient (Wildman–Crippen LogP) is 4.71. The van der Waals surface area contributed by atoms with Crippen LogP contribution in [0.3, 0.4) is 0 Å². The van der Waals surface area contributed by atoms with E-state index in [1.807, 2.05) is 29.9 Å². The van der Waals surface area contributed by atoms with Gasteiger partial charge in [-0.2, -0.15) is 5.10 Å². The maximum Gasteiger partial charge on any atom is 0.268 e. The van der Waals surface area contributed by atoms with E-state index < -0.39 is 0 Å². The van der Waals surface area contributed by atoms with Gasteiger partial charge in [0, 0.05) is 34.6 Å². The fourth-order valence-electron chi connectivity index (χ4n) is 2.74. The maximum atomic E-state index is 12.4. The molecule has 0 saturated carbocycles. The van der Waals surface area contributed by atoms with E-state index in [9.17, 15) is 4.79 Å². The number of halogens is 2. The van der Waals surface area contributed by atoms with Crippen LogP contribution in [0.5, 0.6) is 0 Å². The average molecular weight is 405 g/mol. The SMILES string of the molecule is Cc1cnn(CCc2nc3cc(-c4ccc(Cl)cc4Cl)sc3c(=O)[nH]2)c1. The van der Waals surface area contributed by atoms with Crippen molar-refractivity contribution >= 4 is 44.8 Å². The van der Waals surface area contributed by atoms with Crippen molar-refractivity contribution in [2.45, 2.75) is 19.9 Å². The molecule has 132 valence electrons. The molecule has 0 atom stereocenters. The standard InChI is InChI=1S/C18H14Cl2N4OS/c1-10-8-21-24(9-10)5-4-16-22-14-7-15(26-17(14)18(25)23-16)12-3-2-11(19)6-13(12)20/h2-3,6-9H,4-5H2,1H3,(H,22,23,25). The number of hydrogen-bond donors (Lipinski definition) is 1. The summed E-state index contributed by atoms with van der Waals surface area (Å²) in [6, 6.07) is 7.22. The molecule has 0 unspecified atom stereocenters. The fraction of sp³-hybridized carbons (Fsp3) is 0.167. The number of rotatable bonds is 4. The molecule has 0 aliphatic carbocycles. The molecule has 0 amide bonds. The van der Waals surface area contributed by atoms with Crippen molar-refractivity contribution < 1.29 is 0 Å². The van der Waals surface area contributed by atoms with Crippen molar-refractivity contribution in [2.24, 2.45) is 0 Å². The molecule has 1 aromatic carbocycles. The summed E-state index contributed by atoms with van der Waals surface area (Å²) >= 11 is 13.6. The molecule has 26 heavy (non-hydrogen) atoms. The second kappa shape index (κ2) is 6.87. The fourth-order valence-corrected chi connectivity index (χ4v) is 4.34. The lowest BCUT2D eigenvalue weighted by molar-refractivity contribution is 0.600. The summed E-state index contributed by atoms with van der Waals surface area (Å²) in [5.74, 6) is 0.641. The normalized spacial score (nSPS) is 11.3. The third-order valence-electron chi connectivity index (χ3n) is 3.97. The number of benzene rings is 1. The van der Waals surface area contributed by atoms with Crippen LogP contribution >= 0.6 is 34.5 Å². The summed E-state index contributed by atoms with van der Waals surface area (Å²) in [6.45, 7) is 2.65. The van der Waals surface area contributed by atoms with Gasteiger partial charge in [-0.3, -0.25) is 9.48 Å². The largest absolute Gasteiger partial charge is 0.309 e. The molecule has 0 radical (unpaired) electrons. The number of aromatic nitrogens is 4. The highest BCUT2D eigenvalue weighted by molar-refractivity contribution is 7.22. The zero-order valence-corrected chi connectivity index (χ0v) is 16.1. The predicted molar refractivity (Wildman–Crippen MR) is 106 cm³/mol. The molecular formula is C18H14Cl2N4OS. The molecule has 1 N–H and O–H groups in total. The molecular weight excluding hydrogens is 391 g/mol. The minimum Gasteiger partial charge on any atom is -0.309 e. The van der Waals surface area contributed by atoms with Crippen molar-refractivity contribution in [1.82, 2.24) is 19.7 Å². The Morgan fingerprint density at radius 2 is 2.12 bits per heavy atom. The van der Waals surface area contributed by atoms with E-state index in [0.717, 1.165) is 16.0 Å². The molecule has 8 heteroatoms. The zero-order valence-electron chi connectivity index (χ0n) is 13.8. The average Bonchev–Trinajstić information content (AvgIpc) is 3.19. The molecule has 5 nitrogen and oxygen atoms in total. The number of aryl methyl sites for hydroxylation is 3. The first-order valence-corrected chi connectivity index (χ1v) is 9.54. The Morgan fingerprint density at radius 3 is 2.85 bits per heavy atom. The number of aromatic amines is 1. The van der Waals surface area contributed by atoms with Crippen molar-refractivity contribution in [3.63, 3.8) is 0 Å². The number of hydrogen-bond acceptors (Lipinski definition) is 4. The highest BCUT2D eigenvalue weighted by Gasteiger charge is 2.13. The van der Waals surface area contributed by atoms with Gasteiger partial charge in [0.1, 0.15) is 10.5 Å². The third-order valence-corrected chi connectivity index (χ3v) is 5.67. The zero-order chi connectivity index (χ0) is 18.3. The van der Waals surface area contributed by atoms with Gasteiger partial charge < -0.3 is 4.98 Å². The molecule has 0 fully saturated rings. The van der Waals surface area contributed by atoms with Gasteiger partial charge in [-0.1, -0.05) is 29.3 Å². The van der Waals surface area contributed by atoms with Crippen LogP contribution < -0.4 is 5.56 Å². The van der Waals surface area contributed by atoms with E-state index in [2.05, 4.69) is 15.1 Å². The van der Waals surface area contributed by atoms with Gasteiger partial charge in [-0.15, -0.1) is 11.3 Å². The number of H-pyrrole nitrogens is 1. The molecule has 4 aromatic rings. The highest BCUT2D eigenvalue weighted by atomic mass is 35.5. The summed E-state index contributed by atoms with van der Waals surface area (Å²) in [5.41, 5.74) is 2.48. The van der Waals surface area contributed by atoms with Gasteiger partial charge in [-0.25, -0.2) is 4.98 Å². The van der Waals surface area contributed by atoms with Gasteiger partial charge >= 0.3 is 0 Å². The van der Waals surface area contributed by atoms with Crippen LogP contribution in [0.15, 0.2) is 41.5 Å². The third kappa shape index (κ3) is 3.40. The van der Waals surface area contributed by atoms with Crippen LogP contribution in [-0.2, 0) is 13.0 Å². The lowest BCUT2D eigenvalue weighted by Crippen LogP contribution is -2.12. The Labute approximate surface area is 163 Å². The quantitative estimate of drug-likeness (QED) is 0.535. The van der Waals surface area contributed by atoms with E-state index in [0.29, 0.717) is 39.1 Å². The van der Waals surface area contributed by atoms with Crippen LogP contribution in [0.2, 0.25) is 10.0 Å². The van der Waals surface area contributed by atoms with Crippen LogP contribution in [0.25, 0.3) is 20.7 Å². The molecule has 0 bridgehead atoms. The highest BCUT2D eigenvalue weighted by Crippen LogP contribution is 2.36. The van der Waals surface area contributed by atoms with E-state index >= 15 is 0 Å². The van der Waals surface area contributed by atoms with Crippen molar-refractivity contribution in [3.05, 3.63) is 68.4 Å². The lowest BCUT2D eigenvalue weighted by Gasteiger charge is -2.01. The number of nitrogens with one attached hydrogen (secondary N) is 1. The number of fused-ring (bicyclic) bond motifs is 1. The first-order chi connectivity index (χ1) is 12.5. The minimum atomic E-state index is -0.136. The van der Waals surface area contributed by atoms with Crippen molar-refractivity contribution in [2.75, 3.05) is 0 Å². The summed E-state index contributed by atoms with van der Waals surface area (Å²) in [5, 5.41) is 5.38. The molecule has 0 aliphatic rings. The smallest absolute Gasteiger partial charge is 0.268 e. The Hall–Kier alpha value is -2.15. The Bertz CT molecular complexity index is 1160. The maximum absolute atomic E-state index is 12.4. The Balaban J connectivity index is 1.67. The van der Waals surface area contributed by atoms with E-state index in [1.165, 1.54) is 11.3 Å². The number of thiophene rings is 1. The molecule has 4 rings (SSSR count). The van der Waals surface area contributed by atoms with Crippen molar-refractivity contribution in [1.29, 1.82) is 0 Å². The first-order valence-electron chi connectivity index (χ1n) is 7.97. The minimum absolute atomic E-state index is 0.136. The number of nitrogens with zero attached hydrogens (tertiary/aromatic N) is 3. The van der Waals surface area contributed by atoms with E-state index in [4.69, 9.17) is 23.2 Å². The second-order valence-electron chi connectivity index (χ2n) is 5.99. The van der Waals surface area contributed by atoms with Crippen LogP contribution in [0.4, 0.5) is 0 Å². The summed E-state index contributed by atoms with van der Waals surface area (Å²) in [6.07, 6.45) is 4.36. The van der Waals surface area contributed by atoms with Gasteiger partial charge in [0.05, 0.1) is 16.7 Å². The van der Waals surface area contributed by atoms with E-state index in [-0.39, 0.29) is 5.56 Å². The summed E-state index contributed by atoms with van der Waals surface area (Å²) in [7, 11) is 0. The topological polar surface area (TPSA) is 63.6 Å². The lowest BCUT2D eigenvalue weighted by atomic mass is 10.2. The van der Waals surface area contributed by atoms with E-state index in [1.54, 1.807) is 18.3 Å². The van der Waals surface area contributed by atoms with Crippen LogP contribution in [-0.4, -0.2) is 19.7 Å². The first kappa shape index (κ1) is 17.3. The summed E-state index contributed by atoms with van der Waals surface area (Å²) < 4.78 is 2.43. The van der Waals surface area contributed by atoms with Crippen molar-refractivity contribution in [3.8, 4) is 10.4 Å². The Kier molecular flexibility index (Phi) is 4.56. The van der Waals surface area contributed by atoms with Gasteiger partial charge in [0.15, 0.2) is 0 Å². The molecule has 3 aromatic heterocycles. The second-order valence-corrected chi connectivity index (χ2v) is 7.89. The van der Waals surface area contributed by atoms with Gasteiger partial charge in [0.2, 0.25) is 0 Å². The summed E-state index contributed by atoms with van der Waals surface area (Å²) in [4.78, 5) is 20.8. The molecule has 0 saturated heterocycles. The Morgan fingerprint density at radius 1 is 1.27 bits per heavy atom. The van der Waals surface area contributed by atoms with Crippen LogP contribution in [0.1, 0.15) is 11.4 Å². The monoisotopic (exact) mass is 404 g/mol. The van der Waals surface area contributed by atoms with Gasteiger partial charge in [-0.05, 0) is 30.7 Å². The van der Waals surface area contributed by atoms with Crippen LogP contribution in [0, 0.1) is 6.92 Å². The molecule has 0 spiro atoms. The molecule has 0 aliphatic heterocycles.